The number of rotatable bonds is 4. The predicted octanol–water partition coefficient (Wildman–Crippen LogP) is 12.6. The molecule has 0 saturated heterocycles. The molecule has 234 valence electrons. The van der Waals surface area contributed by atoms with E-state index in [0.717, 1.165) is 39.2 Å². The molecule has 0 atom stereocenters. The zero-order valence-electron chi connectivity index (χ0n) is 27.2. The van der Waals surface area contributed by atoms with Gasteiger partial charge in [-0.1, -0.05) is 121 Å². The lowest BCUT2D eigenvalue weighted by molar-refractivity contribution is 1.13. The molecular formula is C47H31N3. The van der Waals surface area contributed by atoms with E-state index in [1.807, 2.05) is 6.20 Å². The number of para-hydroxylation sites is 2. The van der Waals surface area contributed by atoms with Crippen LogP contribution in [0, 0.1) is 0 Å². The summed E-state index contributed by atoms with van der Waals surface area (Å²) in [6, 6.07) is 63.2. The van der Waals surface area contributed by atoms with Crippen molar-refractivity contribution >= 4 is 38.9 Å². The van der Waals surface area contributed by atoms with Gasteiger partial charge in [-0.25, -0.2) is 0 Å². The van der Waals surface area contributed by atoms with Gasteiger partial charge < -0.3 is 9.47 Å². The summed E-state index contributed by atoms with van der Waals surface area (Å²) in [7, 11) is 0. The third-order valence-corrected chi connectivity index (χ3v) is 9.96. The second-order valence-corrected chi connectivity index (χ2v) is 12.8. The van der Waals surface area contributed by atoms with Gasteiger partial charge in [0.15, 0.2) is 0 Å². The quantitative estimate of drug-likeness (QED) is 0.191. The van der Waals surface area contributed by atoms with Gasteiger partial charge in [-0.2, -0.15) is 0 Å². The Balaban J connectivity index is 1.34. The highest BCUT2D eigenvalue weighted by atomic mass is 15.2. The number of fused-ring (bicyclic) bond motifs is 10. The van der Waals surface area contributed by atoms with E-state index in [9.17, 15) is 0 Å². The summed E-state index contributed by atoms with van der Waals surface area (Å²) >= 11 is 0. The van der Waals surface area contributed by atoms with Crippen LogP contribution in [0.3, 0.4) is 0 Å². The highest BCUT2D eigenvalue weighted by Crippen LogP contribution is 2.55. The van der Waals surface area contributed by atoms with Gasteiger partial charge in [0, 0.05) is 45.7 Å². The molecule has 0 radical (unpaired) electrons. The molecule has 0 unspecified atom stereocenters. The van der Waals surface area contributed by atoms with Crippen molar-refractivity contribution in [2.45, 2.75) is 0 Å². The highest BCUT2D eigenvalue weighted by molar-refractivity contribution is 6.23. The molecule has 3 nitrogen and oxygen atoms in total. The van der Waals surface area contributed by atoms with Crippen LogP contribution in [0.15, 0.2) is 188 Å². The molecule has 7 aromatic carbocycles. The Morgan fingerprint density at radius 3 is 1.72 bits per heavy atom. The molecule has 0 spiro atoms. The van der Waals surface area contributed by atoms with Crippen LogP contribution in [-0.2, 0) is 0 Å². The van der Waals surface area contributed by atoms with Gasteiger partial charge in [0.25, 0.3) is 0 Å². The van der Waals surface area contributed by atoms with Crippen LogP contribution < -0.4 is 4.90 Å². The van der Waals surface area contributed by atoms with Crippen LogP contribution in [0.1, 0.15) is 0 Å². The maximum absolute atomic E-state index is 5.16. The lowest BCUT2D eigenvalue weighted by Gasteiger charge is -2.29. The Morgan fingerprint density at radius 1 is 0.420 bits per heavy atom. The Bertz CT molecular complexity index is 2640. The molecule has 2 aromatic heterocycles. The first-order valence-electron chi connectivity index (χ1n) is 17.1. The van der Waals surface area contributed by atoms with Crippen LogP contribution in [0.25, 0.3) is 72.0 Å². The average molecular weight is 638 g/mol. The van der Waals surface area contributed by atoms with Gasteiger partial charge in [-0.15, -0.1) is 0 Å². The smallest absolute Gasteiger partial charge is 0.0969 e. The normalized spacial score (nSPS) is 12.0. The first kappa shape index (κ1) is 28.3. The van der Waals surface area contributed by atoms with Crippen LogP contribution in [0.5, 0.6) is 0 Å². The van der Waals surface area contributed by atoms with Gasteiger partial charge in [-0.3, -0.25) is 4.98 Å². The molecule has 3 heteroatoms. The van der Waals surface area contributed by atoms with E-state index < -0.39 is 0 Å². The van der Waals surface area contributed by atoms with Crippen molar-refractivity contribution in [3.05, 3.63) is 188 Å². The topological polar surface area (TPSA) is 21.1 Å². The summed E-state index contributed by atoms with van der Waals surface area (Å²) in [5.41, 5.74) is 16.1. The number of pyridine rings is 1. The molecule has 0 fully saturated rings. The fourth-order valence-corrected chi connectivity index (χ4v) is 7.79. The fourth-order valence-electron chi connectivity index (χ4n) is 7.79. The lowest BCUT2D eigenvalue weighted by Crippen LogP contribution is -2.12. The molecular weight excluding hydrogens is 607 g/mol. The second-order valence-electron chi connectivity index (χ2n) is 12.8. The largest absolute Gasteiger partial charge is 0.315 e. The highest BCUT2D eigenvalue weighted by Gasteiger charge is 2.31. The molecule has 3 heterocycles. The molecule has 0 amide bonds. The summed E-state index contributed by atoms with van der Waals surface area (Å²) in [5, 5.41) is 2.27. The molecule has 10 rings (SSSR count). The Morgan fingerprint density at radius 2 is 1.02 bits per heavy atom. The van der Waals surface area contributed by atoms with Crippen molar-refractivity contribution in [3.63, 3.8) is 0 Å². The summed E-state index contributed by atoms with van der Waals surface area (Å²) < 4.78 is 2.34. The van der Waals surface area contributed by atoms with Crippen molar-refractivity contribution in [2.75, 3.05) is 4.90 Å². The Kier molecular flexibility index (Phi) is 6.49. The first-order valence-corrected chi connectivity index (χ1v) is 17.1. The SMILES string of the molecule is c1ccc(-c2cc(-c3ccccc3)cc(-n3ccc4c5c(c6cccnc6c43)N(c3ccccc3)c3ccccc3-c3ccccc3-5)c2)cc1. The number of anilines is 3. The van der Waals surface area contributed by atoms with E-state index in [1.165, 1.54) is 49.9 Å². The molecule has 1 aliphatic heterocycles. The fraction of sp³-hybridized carbons (Fsp3) is 0. The van der Waals surface area contributed by atoms with E-state index in [1.54, 1.807) is 0 Å². The van der Waals surface area contributed by atoms with Gasteiger partial charge >= 0.3 is 0 Å². The van der Waals surface area contributed by atoms with E-state index in [4.69, 9.17) is 4.98 Å². The molecule has 0 saturated carbocycles. The molecule has 9 aromatic rings. The predicted molar refractivity (Wildman–Crippen MR) is 209 cm³/mol. The van der Waals surface area contributed by atoms with Crippen LogP contribution in [-0.4, -0.2) is 9.55 Å². The minimum atomic E-state index is 0.968. The molecule has 50 heavy (non-hydrogen) atoms. The molecule has 0 bridgehead atoms. The van der Waals surface area contributed by atoms with Crippen molar-refractivity contribution in [1.29, 1.82) is 0 Å². The van der Waals surface area contributed by atoms with E-state index in [2.05, 4.69) is 192 Å². The minimum absolute atomic E-state index is 0.968. The van der Waals surface area contributed by atoms with E-state index in [-0.39, 0.29) is 0 Å². The summed E-state index contributed by atoms with van der Waals surface area (Å²) in [6.45, 7) is 0. The molecule has 1 aliphatic rings. The minimum Gasteiger partial charge on any atom is -0.315 e. The summed E-state index contributed by atoms with van der Waals surface area (Å²) in [5.74, 6) is 0. The van der Waals surface area contributed by atoms with Crippen LogP contribution in [0.2, 0.25) is 0 Å². The third-order valence-electron chi connectivity index (χ3n) is 9.96. The van der Waals surface area contributed by atoms with E-state index in [0.29, 0.717) is 0 Å². The lowest BCUT2D eigenvalue weighted by atomic mass is 9.91. The standard InChI is InChI=1S/C47H31N3/c1-4-15-32(16-5-1)34-29-35(33-17-6-2-7-18-33)31-37(30-34)49-28-26-41-44-40-23-11-10-21-38(40)39-22-12-13-25-43(39)50(36-19-8-3-9-20-36)46(44)42-24-14-27-48-45(42)47(41)49/h1-31H. The zero-order valence-corrected chi connectivity index (χ0v) is 27.2. The van der Waals surface area contributed by atoms with Crippen molar-refractivity contribution < 1.29 is 0 Å². The van der Waals surface area contributed by atoms with Crippen LogP contribution in [0.4, 0.5) is 17.1 Å². The van der Waals surface area contributed by atoms with Crippen molar-refractivity contribution in [2.24, 2.45) is 0 Å². The van der Waals surface area contributed by atoms with Crippen LogP contribution >= 0.6 is 0 Å². The van der Waals surface area contributed by atoms with Gasteiger partial charge in [0.1, 0.15) is 0 Å². The van der Waals surface area contributed by atoms with Crippen molar-refractivity contribution in [1.82, 2.24) is 9.55 Å². The average Bonchev–Trinajstić information content (AvgIpc) is 3.59. The number of hydrogen-bond acceptors (Lipinski definition) is 2. The molecule has 0 N–H and O–H groups in total. The van der Waals surface area contributed by atoms with Crippen molar-refractivity contribution in [3.8, 4) is 50.2 Å². The van der Waals surface area contributed by atoms with Gasteiger partial charge in [-0.05, 0) is 88.0 Å². The Labute approximate surface area is 291 Å². The maximum Gasteiger partial charge on any atom is 0.0969 e. The number of hydrogen-bond donors (Lipinski definition) is 0. The molecule has 0 aliphatic carbocycles. The van der Waals surface area contributed by atoms with Gasteiger partial charge in [0.2, 0.25) is 0 Å². The van der Waals surface area contributed by atoms with E-state index >= 15 is 0 Å². The summed E-state index contributed by atoms with van der Waals surface area (Å²) in [6.07, 6.45) is 4.15. The first-order chi connectivity index (χ1) is 24.8. The maximum atomic E-state index is 5.16. The monoisotopic (exact) mass is 637 g/mol. The Hall–Kier alpha value is -6.71. The summed E-state index contributed by atoms with van der Waals surface area (Å²) in [4.78, 5) is 7.60. The third kappa shape index (κ3) is 4.41. The number of benzene rings is 7. The second kappa shape index (κ2) is 11.5. The van der Waals surface area contributed by atoms with Gasteiger partial charge in [0.05, 0.1) is 22.4 Å². The zero-order chi connectivity index (χ0) is 33.0. The number of aromatic nitrogens is 2. The number of nitrogens with zero attached hydrogens (tertiary/aromatic N) is 3.